The smallest absolute Gasteiger partial charge is 0.258 e. The van der Waals surface area contributed by atoms with Gasteiger partial charge in [0.25, 0.3) is 5.91 Å². The van der Waals surface area contributed by atoms with Crippen LogP contribution in [0.2, 0.25) is 0 Å². The molecule has 0 bridgehead atoms. The first-order chi connectivity index (χ1) is 12.1. The van der Waals surface area contributed by atoms with Gasteiger partial charge in [0.1, 0.15) is 10.8 Å². The van der Waals surface area contributed by atoms with Gasteiger partial charge in [0.2, 0.25) is 0 Å². The quantitative estimate of drug-likeness (QED) is 0.736. The molecule has 1 N–H and O–H groups in total. The number of carbonyl (C=O) groups excluding carboxylic acids is 1. The van der Waals surface area contributed by atoms with Gasteiger partial charge < -0.3 is 10.1 Å². The Kier molecular flexibility index (Phi) is 5.40. The number of nitrogens with zero attached hydrogens (tertiary/aromatic N) is 2. The summed E-state index contributed by atoms with van der Waals surface area (Å²) in [5.41, 5.74) is 4.05. The maximum Gasteiger partial charge on any atom is 0.258 e. The molecule has 25 heavy (non-hydrogen) atoms. The van der Waals surface area contributed by atoms with Gasteiger partial charge in [0.05, 0.1) is 12.2 Å². The number of aromatic nitrogens is 2. The fourth-order valence-corrected chi connectivity index (χ4v) is 3.11. The number of thiazole rings is 1. The highest BCUT2D eigenvalue weighted by molar-refractivity contribution is 7.13. The normalized spacial score (nSPS) is 10.5. The van der Waals surface area contributed by atoms with Crippen LogP contribution in [-0.2, 0) is 11.3 Å². The second-order valence-electron chi connectivity index (χ2n) is 5.64. The molecule has 5 nitrogen and oxygen atoms in total. The summed E-state index contributed by atoms with van der Waals surface area (Å²) in [7, 11) is 0. The van der Waals surface area contributed by atoms with Gasteiger partial charge >= 0.3 is 0 Å². The van der Waals surface area contributed by atoms with E-state index in [0.29, 0.717) is 6.54 Å². The molecule has 128 valence electrons. The average molecular weight is 353 g/mol. The van der Waals surface area contributed by atoms with E-state index in [9.17, 15) is 4.79 Å². The van der Waals surface area contributed by atoms with E-state index >= 15 is 0 Å². The molecule has 0 aliphatic rings. The fraction of sp³-hybridized carbons (Fsp3) is 0.211. The predicted molar refractivity (Wildman–Crippen MR) is 98.6 cm³/mol. The van der Waals surface area contributed by atoms with E-state index in [0.717, 1.165) is 33.1 Å². The molecule has 3 rings (SSSR count). The van der Waals surface area contributed by atoms with Crippen LogP contribution >= 0.6 is 11.3 Å². The van der Waals surface area contributed by atoms with Crippen LogP contribution < -0.4 is 10.1 Å². The van der Waals surface area contributed by atoms with Crippen LogP contribution in [-0.4, -0.2) is 22.5 Å². The summed E-state index contributed by atoms with van der Waals surface area (Å²) in [4.78, 5) is 20.5. The number of pyridine rings is 1. The number of aryl methyl sites for hydroxylation is 1. The third-order valence-electron chi connectivity index (χ3n) is 3.86. The van der Waals surface area contributed by atoms with Crippen LogP contribution in [0.15, 0.2) is 48.1 Å². The number of benzene rings is 1. The molecule has 0 saturated heterocycles. The van der Waals surface area contributed by atoms with E-state index in [1.165, 1.54) is 0 Å². The van der Waals surface area contributed by atoms with Crippen LogP contribution in [0.5, 0.6) is 5.75 Å². The lowest BCUT2D eigenvalue weighted by Gasteiger charge is -2.10. The van der Waals surface area contributed by atoms with Gasteiger partial charge in [0, 0.05) is 23.3 Å². The van der Waals surface area contributed by atoms with E-state index in [1.54, 1.807) is 23.7 Å². The summed E-state index contributed by atoms with van der Waals surface area (Å²) in [6.45, 7) is 4.38. The van der Waals surface area contributed by atoms with E-state index in [1.807, 2.05) is 49.6 Å². The Balaban J connectivity index is 1.51. The van der Waals surface area contributed by atoms with Crippen molar-refractivity contribution in [2.45, 2.75) is 20.4 Å². The molecule has 0 aliphatic carbocycles. The number of carbonyl (C=O) groups is 1. The third-order valence-corrected chi connectivity index (χ3v) is 4.80. The van der Waals surface area contributed by atoms with Crippen molar-refractivity contribution in [3.05, 3.63) is 64.9 Å². The Labute approximate surface area is 150 Å². The number of ether oxygens (including phenoxy) is 1. The molecular weight excluding hydrogens is 334 g/mol. The SMILES string of the molecule is Cc1cccc(OCC(=O)NCc2csc(-c3ccncc3)n2)c1C. The van der Waals surface area contributed by atoms with Gasteiger partial charge in [-0.05, 0) is 43.2 Å². The summed E-state index contributed by atoms with van der Waals surface area (Å²) in [6.07, 6.45) is 3.48. The molecule has 1 amide bonds. The van der Waals surface area contributed by atoms with E-state index in [4.69, 9.17) is 4.74 Å². The first-order valence-electron chi connectivity index (χ1n) is 7.94. The van der Waals surface area contributed by atoms with Crippen molar-refractivity contribution in [1.29, 1.82) is 0 Å². The highest BCUT2D eigenvalue weighted by atomic mass is 32.1. The zero-order valence-corrected chi connectivity index (χ0v) is 15.0. The van der Waals surface area contributed by atoms with Crippen molar-refractivity contribution >= 4 is 17.2 Å². The van der Waals surface area contributed by atoms with Gasteiger partial charge in [-0.3, -0.25) is 9.78 Å². The molecule has 1 aromatic carbocycles. The van der Waals surface area contributed by atoms with Crippen molar-refractivity contribution in [3.63, 3.8) is 0 Å². The highest BCUT2D eigenvalue weighted by Gasteiger charge is 2.08. The van der Waals surface area contributed by atoms with Crippen LogP contribution in [0, 0.1) is 13.8 Å². The van der Waals surface area contributed by atoms with Crippen molar-refractivity contribution in [2.75, 3.05) is 6.61 Å². The maximum absolute atomic E-state index is 12.0. The standard InChI is InChI=1S/C19H19N3O2S/c1-13-4-3-5-17(14(13)2)24-11-18(23)21-10-16-12-25-19(22-16)15-6-8-20-9-7-15/h3-9,12H,10-11H2,1-2H3,(H,21,23). The van der Waals surface area contributed by atoms with Crippen molar-refractivity contribution in [3.8, 4) is 16.3 Å². The van der Waals surface area contributed by atoms with Crippen LogP contribution in [0.3, 0.4) is 0 Å². The average Bonchev–Trinajstić information content (AvgIpc) is 3.11. The number of amides is 1. The second-order valence-corrected chi connectivity index (χ2v) is 6.50. The van der Waals surface area contributed by atoms with E-state index in [-0.39, 0.29) is 12.5 Å². The highest BCUT2D eigenvalue weighted by Crippen LogP contribution is 2.23. The van der Waals surface area contributed by atoms with Crippen LogP contribution in [0.25, 0.3) is 10.6 Å². The lowest BCUT2D eigenvalue weighted by molar-refractivity contribution is -0.123. The zero-order valence-electron chi connectivity index (χ0n) is 14.2. The van der Waals surface area contributed by atoms with Crippen molar-refractivity contribution in [2.24, 2.45) is 0 Å². The Morgan fingerprint density at radius 3 is 2.80 bits per heavy atom. The lowest BCUT2D eigenvalue weighted by atomic mass is 10.1. The molecule has 0 aliphatic heterocycles. The van der Waals surface area contributed by atoms with Gasteiger partial charge in [-0.1, -0.05) is 12.1 Å². The first-order valence-corrected chi connectivity index (χ1v) is 8.82. The summed E-state index contributed by atoms with van der Waals surface area (Å²) in [5.74, 6) is 0.572. The molecule has 0 saturated carbocycles. The number of nitrogens with one attached hydrogen (secondary N) is 1. The topological polar surface area (TPSA) is 64.1 Å². The molecule has 0 fully saturated rings. The van der Waals surface area contributed by atoms with Gasteiger partial charge in [-0.15, -0.1) is 11.3 Å². The summed E-state index contributed by atoms with van der Waals surface area (Å²) in [6, 6.07) is 9.64. The van der Waals surface area contributed by atoms with Gasteiger partial charge in [0.15, 0.2) is 6.61 Å². The number of hydrogen-bond donors (Lipinski definition) is 1. The molecule has 6 heteroatoms. The maximum atomic E-state index is 12.0. The predicted octanol–water partition coefficient (Wildman–Crippen LogP) is 3.52. The minimum Gasteiger partial charge on any atom is -0.483 e. The van der Waals surface area contributed by atoms with Crippen molar-refractivity contribution in [1.82, 2.24) is 15.3 Å². The Morgan fingerprint density at radius 1 is 1.20 bits per heavy atom. The second kappa shape index (κ2) is 7.90. The molecule has 2 heterocycles. The number of rotatable bonds is 6. The molecule has 3 aromatic rings. The van der Waals surface area contributed by atoms with Gasteiger partial charge in [-0.25, -0.2) is 4.98 Å². The van der Waals surface area contributed by atoms with Crippen LogP contribution in [0.1, 0.15) is 16.8 Å². The van der Waals surface area contributed by atoms with Crippen molar-refractivity contribution < 1.29 is 9.53 Å². The molecular formula is C19H19N3O2S. The summed E-state index contributed by atoms with van der Waals surface area (Å²) < 4.78 is 5.61. The number of hydrogen-bond acceptors (Lipinski definition) is 5. The van der Waals surface area contributed by atoms with Gasteiger partial charge in [-0.2, -0.15) is 0 Å². The Hall–Kier alpha value is -2.73. The summed E-state index contributed by atoms with van der Waals surface area (Å²) in [5, 5.41) is 5.70. The van der Waals surface area contributed by atoms with E-state index < -0.39 is 0 Å². The Morgan fingerprint density at radius 2 is 2.00 bits per heavy atom. The minimum atomic E-state index is -0.167. The zero-order chi connectivity index (χ0) is 17.6. The third kappa shape index (κ3) is 4.42. The fourth-order valence-electron chi connectivity index (χ4n) is 2.28. The van der Waals surface area contributed by atoms with E-state index in [2.05, 4.69) is 15.3 Å². The minimum absolute atomic E-state index is 0.00829. The lowest BCUT2D eigenvalue weighted by Crippen LogP contribution is -2.28. The molecule has 0 spiro atoms. The monoisotopic (exact) mass is 353 g/mol. The largest absolute Gasteiger partial charge is 0.483 e. The molecule has 0 atom stereocenters. The Bertz CT molecular complexity index is 862. The molecule has 2 aromatic heterocycles. The first kappa shape index (κ1) is 17.1. The molecule has 0 radical (unpaired) electrons. The molecule has 0 unspecified atom stereocenters. The van der Waals surface area contributed by atoms with Crippen LogP contribution in [0.4, 0.5) is 0 Å². The summed E-state index contributed by atoms with van der Waals surface area (Å²) >= 11 is 1.55.